The third kappa shape index (κ3) is 2.30. The van der Waals surface area contributed by atoms with Crippen LogP contribution in [-0.2, 0) is 21.7 Å². The van der Waals surface area contributed by atoms with Gasteiger partial charge in [0.25, 0.3) is 0 Å². The van der Waals surface area contributed by atoms with Gasteiger partial charge < -0.3 is 19.7 Å². The van der Waals surface area contributed by atoms with Crippen molar-refractivity contribution in [3.63, 3.8) is 0 Å². The van der Waals surface area contributed by atoms with Crippen LogP contribution in [0.3, 0.4) is 0 Å². The van der Waals surface area contributed by atoms with Crippen LogP contribution in [0.2, 0.25) is 0 Å². The molecule has 1 saturated carbocycles. The Bertz CT molecular complexity index is 441. The minimum Gasteiger partial charge on any atom is -0.392 e. The van der Waals surface area contributed by atoms with Crippen molar-refractivity contribution in [1.82, 2.24) is 0 Å². The van der Waals surface area contributed by atoms with Gasteiger partial charge in [-0.15, -0.1) is 0 Å². The van der Waals surface area contributed by atoms with E-state index < -0.39 is 11.4 Å². The second-order valence-electron chi connectivity index (χ2n) is 5.45. The maximum atomic E-state index is 10.9. The zero-order valence-electron chi connectivity index (χ0n) is 11.0. The lowest BCUT2D eigenvalue weighted by Crippen LogP contribution is -2.42. The van der Waals surface area contributed by atoms with Crippen molar-refractivity contribution in [2.75, 3.05) is 13.2 Å². The van der Waals surface area contributed by atoms with Crippen LogP contribution in [0.1, 0.15) is 36.8 Å². The highest BCUT2D eigenvalue weighted by molar-refractivity contribution is 5.32. The highest BCUT2D eigenvalue weighted by Crippen LogP contribution is 2.45. The molecule has 1 spiro atoms. The molecule has 104 valence electrons. The summed E-state index contributed by atoms with van der Waals surface area (Å²) < 4.78 is 11.4. The van der Waals surface area contributed by atoms with Crippen molar-refractivity contribution < 1.29 is 19.7 Å². The molecule has 3 rings (SSSR count). The first-order valence-electron chi connectivity index (χ1n) is 6.87. The van der Waals surface area contributed by atoms with Crippen molar-refractivity contribution in [3.8, 4) is 0 Å². The molecule has 4 heteroatoms. The number of rotatable bonds is 2. The molecule has 0 unspecified atom stereocenters. The number of ether oxygens (including phenoxy) is 2. The molecular formula is C15H20O4. The number of aliphatic hydroxyl groups is 2. The summed E-state index contributed by atoms with van der Waals surface area (Å²) in [7, 11) is 0. The Morgan fingerprint density at radius 2 is 1.63 bits per heavy atom. The van der Waals surface area contributed by atoms with E-state index in [-0.39, 0.29) is 6.61 Å². The van der Waals surface area contributed by atoms with Gasteiger partial charge in [-0.2, -0.15) is 0 Å². The summed E-state index contributed by atoms with van der Waals surface area (Å²) in [6.07, 6.45) is 2.60. The minimum absolute atomic E-state index is 0.0450. The van der Waals surface area contributed by atoms with Gasteiger partial charge in [-0.05, 0) is 24.0 Å². The summed E-state index contributed by atoms with van der Waals surface area (Å²) >= 11 is 0. The maximum Gasteiger partial charge on any atom is 0.168 e. The lowest BCUT2D eigenvalue weighted by atomic mass is 9.75. The first kappa shape index (κ1) is 13.1. The van der Waals surface area contributed by atoms with Crippen molar-refractivity contribution >= 4 is 0 Å². The molecule has 2 fully saturated rings. The van der Waals surface area contributed by atoms with Crippen LogP contribution in [0.15, 0.2) is 24.3 Å². The number of benzene rings is 1. The van der Waals surface area contributed by atoms with E-state index in [1.807, 2.05) is 24.3 Å². The Morgan fingerprint density at radius 3 is 2.26 bits per heavy atom. The van der Waals surface area contributed by atoms with Gasteiger partial charge in [0.2, 0.25) is 0 Å². The van der Waals surface area contributed by atoms with Gasteiger partial charge in [0.05, 0.1) is 25.4 Å². The fourth-order valence-corrected chi connectivity index (χ4v) is 3.21. The first-order chi connectivity index (χ1) is 9.18. The predicted octanol–water partition coefficient (Wildman–Crippen LogP) is 1.68. The van der Waals surface area contributed by atoms with Crippen molar-refractivity contribution in [2.45, 2.75) is 43.7 Å². The monoisotopic (exact) mass is 264 g/mol. The summed E-state index contributed by atoms with van der Waals surface area (Å²) in [6, 6.07) is 7.55. The van der Waals surface area contributed by atoms with Gasteiger partial charge in [0.15, 0.2) is 5.79 Å². The Balaban J connectivity index is 1.81. The van der Waals surface area contributed by atoms with Gasteiger partial charge in [-0.25, -0.2) is 0 Å². The number of hydrogen-bond donors (Lipinski definition) is 2. The van der Waals surface area contributed by atoms with Crippen LogP contribution in [0, 0.1) is 0 Å². The number of aliphatic hydroxyl groups excluding tert-OH is 1. The SMILES string of the molecule is OCc1ccccc1C1(O)CCC2(CC1)OCCO2. The Kier molecular flexibility index (Phi) is 3.35. The van der Waals surface area contributed by atoms with Crippen molar-refractivity contribution in [3.05, 3.63) is 35.4 Å². The summed E-state index contributed by atoms with van der Waals surface area (Å²) in [5, 5.41) is 20.3. The summed E-state index contributed by atoms with van der Waals surface area (Å²) in [4.78, 5) is 0. The molecule has 0 aromatic heterocycles. The summed E-state index contributed by atoms with van der Waals surface area (Å²) in [5.41, 5.74) is 0.763. The molecule has 0 radical (unpaired) electrons. The summed E-state index contributed by atoms with van der Waals surface area (Å²) in [6.45, 7) is 1.24. The van der Waals surface area contributed by atoms with Crippen molar-refractivity contribution in [2.24, 2.45) is 0 Å². The third-order valence-corrected chi connectivity index (χ3v) is 4.34. The lowest BCUT2D eigenvalue weighted by molar-refractivity contribution is -0.204. The average Bonchev–Trinajstić information content (AvgIpc) is 2.91. The van der Waals surface area contributed by atoms with Crippen LogP contribution in [0.25, 0.3) is 0 Å². The first-order valence-corrected chi connectivity index (χ1v) is 6.87. The van der Waals surface area contributed by atoms with Gasteiger partial charge in [-0.3, -0.25) is 0 Å². The zero-order valence-corrected chi connectivity index (χ0v) is 11.0. The van der Waals surface area contributed by atoms with E-state index in [1.54, 1.807) is 0 Å². The third-order valence-electron chi connectivity index (χ3n) is 4.34. The van der Waals surface area contributed by atoms with Crippen LogP contribution in [-0.4, -0.2) is 29.2 Å². The molecule has 0 atom stereocenters. The van der Waals surface area contributed by atoms with E-state index in [1.165, 1.54) is 0 Å². The Morgan fingerprint density at radius 1 is 1.00 bits per heavy atom. The smallest absolute Gasteiger partial charge is 0.168 e. The normalized spacial score (nSPS) is 24.7. The summed E-state index contributed by atoms with van der Waals surface area (Å²) in [5.74, 6) is -0.472. The second-order valence-corrected chi connectivity index (χ2v) is 5.45. The fourth-order valence-electron chi connectivity index (χ4n) is 3.21. The average molecular weight is 264 g/mol. The molecule has 1 aromatic rings. The van der Waals surface area contributed by atoms with Gasteiger partial charge in [-0.1, -0.05) is 24.3 Å². The number of hydrogen-bond acceptors (Lipinski definition) is 4. The molecule has 1 saturated heterocycles. The van der Waals surface area contributed by atoms with Crippen LogP contribution < -0.4 is 0 Å². The lowest BCUT2D eigenvalue weighted by Gasteiger charge is -2.41. The largest absolute Gasteiger partial charge is 0.392 e. The van der Waals surface area contributed by atoms with E-state index in [2.05, 4.69) is 0 Å². The molecule has 0 amide bonds. The van der Waals surface area contributed by atoms with E-state index in [4.69, 9.17) is 9.47 Å². The van der Waals surface area contributed by atoms with Crippen LogP contribution in [0.5, 0.6) is 0 Å². The van der Waals surface area contributed by atoms with E-state index in [9.17, 15) is 10.2 Å². The molecule has 1 heterocycles. The molecule has 4 nitrogen and oxygen atoms in total. The molecule has 19 heavy (non-hydrogen) atoms. The standard InChI is InChI=1S/C15H20O4/c16-11-12-3-1-2-4-13(12)14(17)5-7-15(8-6-14)18-9-10-19-15/h1-4,16-17H,5-11H2. The molecular weight excluding hydrogens is 244 g/mol. The molecule has 0 bridgehead atoms. The molecule has 1 aromatic carbocycles. The van der Waals surface area contributed by atoms with Crippen molar-refractivity contribution in [1.29, 1.82) is 0 Å². The minimum atomic E-state index is -0.875. The highest BCUT2D eigenvalue weighted by Gasteiger charge is 2.46. The maximum absolute atomic E-state index is 10.9. The Hall–Kier alpha value is -0.940. The molecule has 2 N–H and O–H groups in total. The van der Waals surface area contributed by atoms with Crippen LogP contribution in [0.4, 0.5) is 0 Å². The molecule has 1 aliphatic carbocycles. The quantitative estimate of drug-likeness (QED) is 0.853. The topological polar surface area (TPSA) is 58.9 Å². The predicted molar refractivity (Wildman–Crippen MR) is 69.4 cm³/mol. The van der Waals surface area contributed by atoms with Gasteiger partial charge in [0, 0.05) is 12.8 Å². The molecule has 2 aliphatic rings. The van der Waals surface area contributed by atoms with Gasteiger partial charge >= 0.3 is 0 Å². The van der Waals surface area contributed by atoms with E-state index in [0.717, 1.165) is 11.1 Å². The highest BCUT2D eigenvalue weighted by atomic mass is 16.7. The Labute approximate surface area is 113 Å². The van der Waals surface area contributed by atoms with E-state index in [0.29, 0.717) is 38.9 Å². The zero-order chi connectivity index (χ0) is 13.3. The second kappa shape index (κ2) is 4.87. The fraction of sp³-hybridized carbons (Fsp3) is 0.600. The van der Waals surface area contributed by atoms with Gasteiger partial charge in [0.1, 0.15) is 0 Å². The molecule has 1 aliphatic heterocycles. The van der Waals surface area contributed by atoms with Crippen LogP contribution >= 0.6 is 0 Å². The van der Waals surface area contributed by atoms with E-state index >= 15 is 0 Å².